The Labute approximate surface area is 208 Å². The van der Waals surface area contributed by atoms with Crippen molar-refractivity contribution < 1.29 is 14.0 Å². The van der Waals surface area contributed by atoms with Crippen molar-refractivity contribution in [3.05, 3.63) is 59.2 Å². The van der Waals surface area contributed by atoms with E-state index in [1.165, 1.54) is 12.1 Å². The minimum absolute atomic E-state index is 0.0327. The average molecular weight is 495 g/mol. The number of aromatic amines is 1. The summed E-state index contributed by atoms with van der Waals surface area (Å²) in [4.78, 5) is 34.2. The minimum atomic E-state index is -0.267. The minimum Gasteiger partial charge on any atom is -0.341 e. The Kier molecular flexibility index (Phi) is 7.06. The van der Waals surface area contributed by atoms with Crippen LogP contribution in [-0.4, -0.2) is 71.4 Å². The van der Waals surface area contributed by atoms with Crippen LogP contribution < -0.4 is 0 Å². The number of nitrogens with one attached hydrogen (secondary N) is 1. The van der Waals surface area contributed by atoms with Crippen LogP contribution in [0.5, 0.6) is 0 Å². The molecule has 3 aromatic rings. The van der Waals surface area contributed by atoms with E-state index in [0.29, 0.717) is 44.1 Å². The lowest BCUT2D eigenvalue weighted by molar-refractivity contribution is -0.135. The molecule has 36 heavy (non-hydrogen) atoms. The third-order valence-electron chi connectivity index (χ3n) is 7.09. The molecule has 2 aromatic heterocycles. The lowest BCUT2D eigenvalue weighted by Crippen LogP contribution is -2.41. The molecule has 0 radical (unpaired) electrons. The lowest BCUT2D eigenvalue weighted by Gasteiger charge is -2.33. The van der Waals surface area contributed by atoms with Crippen LogP contribution in [0, 0.1) is 18.7 Å². The number of H-pyrrole nitrogens is 1. The van der Waals surface area contributed by atoms with Gasteiger partial charge in [-0.2, -0.15) is 5.10 Å². The van der Waals surface area contributed by atoms with Crippen molar-refractivity contribution in [3.8, 4) is 0 Å². The fourth-order valence-corrected chi connectivity index (χ4v) is 5.13. The fourth-order valence-electron chi connectivity index (χ4n) is 5.13. The number of carbonyl (C=O) groups is 2. The highest BCUT2D eigenvalue weighted by molar-refractivity contribution is 5.77. The van der Waals surface area contributed by atoms with Gasteiger partial charge in [0.05, 0.1) is 11.7 Å². The van der Waals surface area contributed by atoms with Gasteiger partial charge in [0, 0.05) is 38.7 Å². The summed E-state index contributed by atoms with van der Waals surface area (Å²) in [6.45, 7) is 4.05. The van der Waals surface area contributed by atoms with E-state index in [1.807, 2.05) is 16.7 Å². The molecular formula is C25H31FN8O2. The second-order valence-electron chi connectivity index (χ2n) is 9.77. The van der Waals surface area contributed by atoms with E-state index >= 15 is 0 Å². The van der Waals surface area contributed by atoms with Crippen molar-refractivity contribution >= 4 is 11.8 Å². The summed E-state index contributed by atoms with van der Waals surface area (Å²) in [6, 6.07) is 6.21. The maximum atomic E-state index is 13.2. The zero-order valence-electron chi connectivity index (χ0n) is 20.4. The highest BCUT2D eigenvalue weighted by Crippen LogP contribution is 2.32. The molecule has 190 valence electrons. The molecular weight excluding hydrogens is 463 g/mol. The standard InChI is InChI=1S/C25H31FN8O2/c1-17-15-33(31-28-17)16-24(36)32-11-8-19(9-12-32)14-23(35)34-10-2-3-21(34)25-27-22(29-30-25)13-18-4-6-20(26)7-5-18/h4-7,15,19,21H,2-3,8-14,16H2,1H3,(H,27,29,30). The van der Waals surface area contributed by atoms with Crippen molar-refractivity contribution in [2.75, 3.05) is 19.6 Å². The van der Waals surface area contributed by atoms with Crippen molar-refractivity contribution in [2.45, 2.75) is 58.0 Å². The zero-order chi connectivity index (χ0) is 25.1. The summed E-state index contributed by atoms with van der Waals surface area (Å²) in [5.74, 6) is 1.50. The molecule has 0 aliphatic carbocycles. The number of amides is 2. The van der Waals surface area contributed by atoms with Crippen LogP contribution >= 0.6 is 0 Å². The first-order valence-electron chi connectivity index (χ1n) is 12.5. The van der Waals surface area contributed by atoms with Crippen LogP contribution in [0.25, 0.3) is 0 Å². The lowest BCUT2D eigenvalue weighted by atomic mass is 9.92. The van der Waals surface area contributed by atoms with Crippen LogP contribution in [0.15, 0.2) is 30.5 Å². The van der Waals surface area contributed by atoms with Crippen molar-refractivity contribution in [1.82, 2.24) is 40.0 Å². The number of rotatable bonds is 7. The van der Waals surface area contributed by atoms with Crippen molar-refractivity contribution in [3.63, 3.8) is 0 Å². The quantitative estimate of drug-likeness (QED) is 0.540. The molecule has 5 rings (SSSR count). The number of likely N-dealkylation sites (tertiary alicyclic amines) is 2. The summed E-state index contributed by atoms with van der Waals surface area (Å²) in [5.41, 5.74) is 1.73. The van der Waals surface area contributed by atoms with Gasteiger partial charge in [-0.3, -0.25) is 14.7 Å². The van der Waals surface area contributed by atoms with Crippen molar-refractivity contribution in [1.29, 1.82) is 0 Å². The Hall–Kier alpha value is -3.63. The first-order valence-corrected chi connectivity index (χ1v) is 12.5. The highest BCUT2D eigenvalue weighted by atomic mass is 19.1. The number of hydrogen-bond donors (Lipinski definition) is 1. The Bertz CT molecular complexity index is 1200. The van der Waals surface area contributed by atoms with Crippen LogP contribution in [0.3, 0.4) is 0 Å². The molecule has 0 bridgehead atoms. The second-order valence-corrected chi connectivity index (χ2v) is 9.77. The van der Waals surface area contributed by atoms with E-state index in [1.54, 1.807) is 23.0 Å². The van der Waals surface area contributed by atoms with E-state index in [4.69, 9.17) is 0 Å². The average Bonchev–Trinajstić information content (AvgIpc) is 3.62. The summed E-state index contributed by atoms with van der Waals surface area (Å²) in [5, 5.41) is 15.3. The van der Waals surface area contributed by atoms with Crippen LogP contribution in [-0.2, 0) is 22.6 Å². The normalized spacial score (nSPS) is 18.7. The Morgan fingerprint density at radius 1 is 1.08 bits per heavy atom. The number of aromatic nitrogens is 6. The molecule has 2 amide bonds. The van der Waals surface area contributed by atoms with Gasteiger partial charge >= 0.3 is 0 Å². The number of piperidine rings is 1. The smallest absolute Gasteiger partial charge is 0.244 e. The molecule has 2 aliphatic rings. The number of hydrogen-bond acceptors (Lipinski definition) is 6. The third-order valence-corrected chi connectivity index (χ3v) is 7.09. The van der Waals surface area contributed by atoms with Gasteiger partial charge in [-0.05, 0) is 56.2 Å². The molecule has 0 spiro atoms. The molecule has 2 aliphatic heterocycles. The van der Waals surface area contributed by atoms with Gasteiger partial charge in [0.1, 0.15) is 18.2 Å². The molecule has 1 atom stereocenters. The fraction of sp³-hybridized carbons (Fsp3) is 0.520. The van der Waals surface area contributed by atoms with E-state index in [2.05, 4.69) is 25.5 Å². The maximum absolute atomic E-state index is 13.2. The van der Waals surface area contributed by atoms with E-state index in [-0.39, 0.29) is 36.1 Å². The largest absolute Gasteiger partial charge is 0.341 e. The second kappa shape index (κ2) is 10.5. The van der Waals surface area contributed by atoms with E-state index in [9.17, 15) is 14.0 Å². The molecule has 4 heterocycles. The number of halogens is 1. The van der Waals surface area contributed by atoms with Gasteiger partial charge in [-0.1, -0.05) is 17.3 Å². The number of benzene rings is 1. The first kappa shape index (κ1) is 24.1. The predicted octanol–water partition coefficient (Wildman–Crippen LogP) is 2.43. The molecule has 2 fully saturated rings. The first-order chi connectivity index (χ1) is 17.4. The summed E-state index contributed by atoms with van der Waals surface area (Å²) in [6.07, 6.45) is 6.16. The van der Waals surface area contributed by atoms with Gasteiger partial charge in [0.15, 0.2) is 5.82 Å². The molecule has 2 saturated heterocycles. The SMILES string of the molecule is Cc1cn(CC(=O)N2CCC(CC(=O)N3CCCC3c3n[nH]c(Cc4ccc(F)cc4)n3)CC2)nn1. The number of aryl methyl sites for hydroxylation is 1. The zero-order valence-corrected chi connectivity index (χ0v) is 20.4. The van der Waals surface area contributed by atoms with E-state index in [0.717, 1.165) is 36.9 Å². The van der Waals surface area contributed by atoms with Crippen LogP contribution in [0.1, 0.15) is 61.1 Å². The molecule has 1 unspecified atom stereocenters. The van der Waals surface area contributed by atoms with Gasteiger partial charge in [-0.25, -0.2) is 14.1 Å². The maximum Gasteiger partial charge on any atom is 0.244 e. The molecule has 1 aromatic carbocycles. The Morgan fingerprint density at radius 2 is 1.86 bits per heavy atom. The van der Waals surface area contributed by atoms with Gasteiger partial charge < -0.3 is 9.80 Å². The van der Waals surface area contributed by atoms with Crippen LogP contribution in [0.2, 0.25) is 0 Å². The summed E-state index contributed by atoms with van der Waals surface area (Å²) >= 11 is 0. The Morgan fingerprint density at radius 3 is 2.58 bits per heavy atom. The monoisotopic (exact) mass is 494 g/mol. The van der Waals surface area contributed by atoms with Gasteiger partial charge in [-0.15, -0.1) is 5.10 Å². The number of carbonyl (C=O) groups excluding carboxylic acids is 2. The number of nitrogens with zero attached hydrogens (tertiary/aromatic N) is 7. The van der Waals surface area contributed by atoms with Gasteiger partial charge in [0.25, 0.3) is 0 Å². The van der Waals surface area contributed by atoms with Gasteiger partial charge in [0.2, 0.25) is 11.8 Å². The topological polar surface area (TPSA) is 113 Å². The Balaban J connectivity index is 1.12. The molecule has 1 N–H and O–H groups in total. The molecule has 11 heteroatoms. The third kappa shape index (κ3) is 5.60. The van der Waals surface area contributed by atoms with Crippen molar-refractivity contribution in [2.24, 2.45) is 5.92 Å². The van der Waals surface area contributed by atoms with Crippen LogP contribution in [0.4, 0.5) is 4.39 Å². The molecule has 10 nitrogen and oxygen atoms in total. The highest BCUT2D eigenvalue weighted by Gasteiger charge is 2.34. The summed E-state index contributed by atoms with van der Waals surface area (Å²) < 4.78 is 14.7. The predicted molar refractivity (Wildman–Crippen MR) is 128 cm³/mol. The van der Waals surface area contributed by atoms with E-state index < -0.39 is 0 Å². The summed E-state index contributed by atoms with van der Waals surface area (Å²) in [7, 11) is 0. The molecule has 0 saturated carbocycles.